The molecule has 0 N–H and O–H groups in total. The minimum absolute atomic E-state index is 0.0389. The lowest BCUT2D eigenvalue weighted by Gasteiger charge is -2.36. The third kappa shape index (κ3) is 4.10. The van der Waals surface area contributed by atoms with Gasteiger partial charge in [0.05, 0.1) is 11.8 Å². The molecule has 0 aliphatic carbocycles. The SMILES string of the molecule is N#CC(c1ccccc1F)N1CCN(S(=O)(=O)Cc2ccccc2)CC1. The van der Waals surface area contributed by atoms with Crippen LogP contribution in [-0.4, -0.2) is 43.8 Å². The topological polar surface area (TPSA) is 64.4 Å². The third-order valence-corrected chi connectivity index (χ3v) is 6.40. The Morgan fingerprint density at radius 2 is 1.62 bits per heavy atom. The fourth-order valence-corrected chi connectivity index (χ4v) is 4.68. The summed E-state index contributed by atoms with van der Waals surface area (Å²) in [5, 5.41) is 9.49. The summed E-state index contributed by atoms with van der Waals surface area (Å²) in [6.07, 6.45) is 0. The summed E-state index contributed by atoms with van der Waals surface area (Å²) in [5.41, 5.74) is 1.08. The fraction of sp³-hybridized carbons (Fsp3) is 0.316. The highest BCUT2D eigenvalue weighted by Crippen LogP contribution is 2.25. The molecule has 2 aromatic rings. The molecule has 0 aromatic heterocycles. The molecule has 1 atom stereocenters. The molecule has 1 unspecified atom stereocenters. The molecule has 1 heterocycles. The minimum atomic E-state index is -3.42. The second-order valence-electron chi connectivity index (χ2n) is 6.23. The number of sulfonamides is 1. The molecule has 0 saturated carbocycles. The monoisotopic (exact) mass is 373 g/mol. The van der Waals surface area contributed by atoms with Crippen molar-refractivity contribution >= 4 is 10.0 Å². The van der Waals surface area contributed by atoms with Crippen LogP contribution >= 0.6 is 0 Å². The maximum atomic E-state index is 14.0. The predicted octanol–water partition coefficient (Wildman–Crippen LogP) is 2.54. The highest BCUT2D eigenvalue weighted by molar-refractivity contribution is 7.88. The standard InChI is InChI=1S/C19H20FN3O2S/c20-18-9-5-4-8-17(18)19(14-21)22-10-12-23(13-11-22)26(24,25)15-16-6-2-1-3-7-16/h1-9,19H,10-13,15H2. The Balaban J connectivity index is 1.67. The second-order valence-corrected chi connectivity index (χ2v) is 8.20. The van der Waals surface area contributed by atoms with Crippen molar-refractivity contribution in [2.45, 2.75) is 11.8 Å². The van der Waals surface area contributed by atoms with Crippen LogP contribution in [0.25, 0.3) is 0 Å². The van der Waals surface area contributed by atoms with Crippen LogP contribution < -0.4 is 0 Å². The Morgan fingerprint density at radius 3 is 2.23 bits per heavy atom. The number of hydrogen-bond acceptors (Lipinski definition) is 4. The lowest BCUT2D eigenvalue weighted by Crippen LogP contribution is -2.49. The van der Waals surface area contributed by atoms with Crippen LogP contribution in [0.1, 0.15) is 17.2 Å². The van der Waals surface area contributed by atoms with Gasteiger partial charge in [-0.2, -0.15) is 9.57 Å². The van der Waals surface area contributed by atoms with E-state index in [0.717, 1.165) is 5.56 Å². The molecule has 2 aromatic carbocycles. The third-order valence-electron chi connectivity index (χ3n) is 4.55. The molecule has 136 valence electrons. The van der Waals surface area contributed by atoms with E-state index in [4.69, 9.17) is 0 Å². The fourth-order valence-electron chi connectivity index (χ4n) is 3.16. The molecule has 0 amide bonds. The van der Waals surface area contributed by atoms with Gasteiger partial charge in [-0.15, -0.1) is 0 Å². The van der Waals surface area contributed by atoms with Gasteiger partial charge < -0.3 is 0 Å². The van der Waals surface area contributed by atoms with Crippen molar-refractivity contribution in [1.29, 1.82) is 5.26 Å². The van der Waals surface area contributed by atoms with Gasteiger partial charge in [0, 0.05) is 31.7 Å². The van der Waals surface area contributed by atoms with Crippen molar-refractivity contribution in [2.24, 2.45) is 0 Å². The molecule has 1 saturated heterocycles. The first-order valence-electron chi connectivity index (χ1n) is 8.41. The summed E-state index contributed by atoms with van der Waals surface area (Å²) in [6, 6.07) is 16.7. The number of hydrogen-bond donors (Lipinski definition) is 0. The molecule has 1 fully saturated rings. The van der Waals surface area contributed by atoms with Crippen LogP contribution in [-0.2, 0) is 15.8 Å². The molecule has 5 nitrogen and oxygen atoms in total. The molecule has 26 heavy (non-hydrogen) atoms. The van der Waals surface area contributed by atoms with Gasteiger partial charge in [0.25, 0.3) is 0 Å². The zero-order valence-corrected chi connectivity index (χ0v) is 15.1. The lowest BCUT2D eigenvalue weighted by atomic mass is 10.1. The van der Waals surface area contributed by atoms with Crippen molar-refractivity contribution in [3.8, 4) is 6.07 Å². The number of halogens is 1. The Morgan fingerprint density at radius 1 is 1.00 bits per heavy atom. The van der Waals surface area contributed by atoms with Gasteiger partial charge in [0.1, 0.15) is 11.9 Å². The van der Waals surface area contributed by atoms with Gasteiger partial charge in [-0.25, -0.2) is 12.8 Å². The maximum absolute atomic E-state index is 14.0. The maximum Gasteiger partial charge on any atom is 0.218 e. The van der Waals surface area contributed by atoms with Gasteiger partial charge in [0.2, 0.25) is 10.0 Å². The highest BCUT2D eigenvalue weighted by Gasteiger charge is 2.31. The summed E-state index contributed by atoms with van der Waals surface area (Å²) in [4.78, 5) is 1.83. The number of piperazine rings is 1. The first-order valence-corrected chi connectivity index (χ1v) is 10.0. The normalized spacial score (nSPS) is 17.5. The molecule has 1 aliphatic rings. The molecule has 0 spiro atoms. The van der Waals surface area contributed by atoms with Crippen LogP contribution in [0.5, 0.6) is 0 Å². The summed E-state index contributed by atoms with van der Waals surface area (Å²) >= 11 is 0. The van der Waals surface area contributed by atoms with Gasteiger partial charge in [-0.05, 0) is 11.6 Å². The van der Waals surface area contributed by atoms with Crippen LogP contribution in [0.3, 0.4) is 0 Å². The minimum Gasteiger partial charge on any atom is -0.282 e. The van der Waals surface area contributed by atoms with E-state index in [9.17, 15) is 18.1 Å². The van der Waals surface area contributed by atoms with E-state index in [1.165, 1.54) is 10.4 Å². The van der Waals surface area contributed by atoms with Crippen LogP contribution in [0.2, 0.25) is 0 Å². The Hall–Kier alpha value is -2.27. The largest absolute Gasteiger partial charge is 0.282 e. The molecule has 7 heteroatoms. The first-order chi connectivity index (χ1) is 12.5. The Labute approximate surface area is 153 Å². The van der Waals surface area contributed by atoms with E-state index in [2.05, 4.69) is 6.07 Å². The van der Waals surface area contributed by atoms with Gasteiger partial charge in [-0.3, -0.25) is 4.90 Å². The van der Waals surface area contributed by atoms with E-state index in [1.807, 2.05) is 23.1 Å². The molecule has 1 aliphatic heterocycles. The van der Waals surface area contributed by atoms with Crippen molar-refractivity contribution < 1.29 is 12.8 Å². The van der Waals surface area contributed by atoms with Crippen molar-refractivity contribution in [3.63, 3.8) is 0 Å². The van der Waals surface area contributed by atoms with E-state index in [-0.39, 0.29) is 5.75 Å². The summed E-state index contributed by atoms with van der Waals surface area (Å²) in [6.45, 7) is 1.37. The molecular weight excluding hydrogens is 353 g/mol. The summed E-state index contributed by atoms with van der Waals surface area (Å²) in [5.74, 6) is -0.457. The predicted molar refractivity (Wildman–Crippen MR) is 97.0 cm³/mol. The average molecular weight is 373 g/mol. The summed E-state index contributed by atoms with van der Waals surface area (Å²) in [7, 11) is -3.42. The zero-order chi connectivity index (χ0) is 18.6. The van der Waals surface area contributed by atoms with E-state index in [0.29, 0.717) is 31.7 Å². The van der Waals surface area contributed by atoms with Crippen molar-refractivity contribution in [3.05, 3.63) is 71.5 Å². The molecule has 0 radical (unpaired) electrons. The van der Waals surface area contributed by atoms with E-state index >= 15 is 0 Å². The number of rotatable bonds is 5. The van der Waals surface area contributed by atoms with Crippen LogP contribution in [0.4, 0.5) is 4.39 Å². The quantitative estimate of drug-likeness (QED) is 0.808. The number of benzene rings is 2. The first kappa shape index (κ1) is 18.5. The van der Waals surface area contributed by atoms with E-state index < -0.39 is 21.9 Å². The van der Waals surface area contributed by atoms with Crippen molar-refractivity contribution in [1.82, 2.24) is 9.21 Å². The second kappa shape index (κ2) is 7.96. The zero-order valence-electron chi connectivity index (χ0n) is 14.3. The molecule has 0 bridgehead atoms. The molecular formula is C19H20FN3O2S. The van der Waals surface area contributed by atoms with Crippen LogP contribution in [0.15, 0.2) is 54.6 Å². The van der Waals surface area contributed by atoms with Crippen molar-refractivity contribution in [2.75, 3.05) is 26.2 Å². The lowest BCUT2D eigenvalue weighted by molar-refractivity contribution is 0.160. The molecule has 3 rings (SSSR count). The smallest absolute Gasteiger partial charge is 0.218 e. The number of nitriles is 1. The number of nitrogens with zero attached hydrogens (tertiary/aromatic N) is 3. The van der Waals surface area contributed by atoms with Gasteiger partial charge in [0.15, 0.2) is 0 Å². The van der Waals surface area contributed by atoms with Gasteiger partial charge >= 0.3 is 0 Å². The van der Waals surface area contributed by atoms with E-state index in [1.54, 1.807) is 30.3 Å². The Kier molecular flexibility index (Phi) is 5.67. The average Bonchev–Trinajstić information content (AvgIpc) is 2.65. The van der Waals surface area contributed by atoms with Crippen LogP contribution in [0, 0.1) is 17.1 Å². The Bertz CT molecular complexity index is 889. The summed E-state index contributed by atoms with van der Waals surface area (Å²) < 4.78 is 40.7. The van der Waals surface area contributed by atoms with Gasteiger partial charge in [-0.1, -0.05) is 48.5 Å². The highest BCUT2D eigenvalue weighted by atomic mass is 32.2.